The highest BCUT2D eigenvalue weighted by Crippen LogP contribution is 2.30. The number of rotatable bonds is 5. The first-order chi connectivity index (χ1) is 12.0. The summed E-state index contributed by atoms with van der Waals surface area (Å²) in [5.74, 6) is -0.493. The Morgan fingerprint density at radius 2 is 2.16 bits per heavy atom. The highest BCUT2D eigenvalue weighted by atomic mass is 32.1. The summed E-state index contributed by atoms with van der Waals surface area (Å²) in [4.78, 5) is 41.0. The molecule has 1 aliphatic heterocycles. The molecule has 0 fully saturated rings. The van der Waals surface area contributed by atoms with E-state index in [1.807, 2.05) is 6.07 Å². The predicted octanol–water partition coefficient (Wildman–Crippen LogP) is 0.925. The largest absolute Gasteiger partial charge is 0.491 e. The van der Waals surface area contributed by atoms with E-state index in [0.29, 0.717) is 22.3 Å². The number of fused-ring (bicyclic) bond motifs is 1. The lowest BCUT2D eigenvalue weighted by Crippen LogP contribution is -2.37. The predicted molar refractivity (Wildman–Crippen MR) is 92.5 cm³/mol. The summed E-state index contributed by atoms with van der Waals surface area (Å²) in [7, 11) is 0. The van der Waals surface area contributed by atoms with Crippen LogP contribution in [0.3, 0.4) is 0 Å². The van der Waals surface area contributed by atoms with Crippen LogP contribution in [-0.4, -0.2) is 35.9 Å². The SMILES string of the molecule is NC(=O)Cc1csc(NC(=O)CN2C(=O)CCOc3ccccc32)n1. The van der Waals surface area contributed by atoms with Gasteiger partial charge in [-0.05, 0) is 12.1 Å². The Bertz CT molecular complexity index is 820. The second-order valence-electron chi connectivity index (χ2n) is 5.38. The lowest BCUT2D eigenvalue weighted by atomic mass is 10.2. The molecule has 3 rings (SSSR count). The number of amides is 3. The van der Waals surface area contributed by atoms with Crippen molar-refractivity contribution in [2.75, 3.05) is 23.4 Å². The molecule has 3 N–H and O–H groups in total. The van der Waals surface area contributed by atoms with Gasteiger partial charge in [0.1, 0.15) is 12.3 Å². The van der Waals surface area contributed by atoms with E-state index in [2.05, 4.69) is 10.3 Å². The van der Waals surface area contributed by atoms with Crippen molar-refractivity contribution in [3.8, 4) is 5.75 Å². The van der Waals surface area contributed by atoms with E-state index >= 15 is 0 Å². The minimum absolute atomic E-state index is 0.0156. The molecule has 0 atom stereocenters. The number of nitrogens with one attached hydrogen (secondary N) is 1. The maximum Gasteiger partial charge on any atom is 0.246 e. The number of nitrogens with two attached hydrogens (primary N) is 1. The highest BCUT2D eigenvalue weighted by Gasteiger charge is 2.25. The molecule has 2 aromatic rings. The standard InChI is InChI=1S/C16H16N4O4S/c17-13(21)7-10-9-25-16(18-10)19-14(22)8-20-11-3-1-2-4-12(11)24-6-5-15(20)23/h1-4,9H,5-8H2,(H2,17,21)(H,18,19,22). The minimum atomic E-state index is -0.491. The van der Waals surface area contributed by atoms with E-state index in [9.17, 15) is 14.4 Å². The maximum atomic E-state index is 12.3. The number of ether oxygens (including phenoxy) is 1. The second kappa shape index (κ2) is 7.31. The molecule has 9 heteroatoms. The Balaban J connectivity index is 1.70. The van der Waals surface area contributed by atoms with Gasteiger partial charge in [0.25, 0.3) is 0 Å². The topological polar surface area (TPSA) is 115 Å². The fraction of sp³-hybridized carbons (Fsp3) is 0.250. The van der Waals surface area contributed by atoms with Gasteiger partial charge in [-0.3, -0.25) is 19.3 Å². The minimum Gasteiger partial charge on any atom is -0.491 e. The first-order valence-electron chi connectivity index (χ1n) is 7.57. The molecule has 0 bridgehead atoms. The van der Waals surface area contributed by atoms with Gasteiger partial charge in [0.15, 0.2) is 5.13 Å². The van der Waals surface area contributed by atoms with Gasteiger partial charge >= 0.3 is 0 Å². The summed E-state index contributed by atoms with van der Waals surface area (Å²) >= 11 is 1.19. The summed E-state index contributed by atoms with van der Waals surface area (Å²) in [6.45, 7) is 0.126. The van der Waals surface area contributed by atoms with Crippen molar-refractivity contribution in [1.29, 1.82) is 0 Å². The van der Waals surface area contributed by atoms with Crippen LogP contribution in [0.1, 0.15) is 12.1 Å². The van der Waals surface area contributed by atoms with E-state index in [0.717, 1.165) is 0 Å². The van der Waals surface area contributed by atoms with Crippen LogP contribution in [-0.2, 0) is 20.8 Å². The third kappa shape index (κ3) is 4.13. The van der Waals surface area contributed by atoms with Gasteiger partial charge in [0.2, 0.25) is 17.7 Å². The third-order valence-electron chi connectivity index (χ3n) is 3.49. The molecule has 2 heterocycles. The van der Waals surface area contributed by atoms with Crippen LogP contribution in [0.2, 0.25) is 0 Å². The molecule has 8 nitrogen and oxygen atoms in total. The molecule has 0 unspecified atom stereocenters. The molecule has 0 saturated heterocycles. The monoisotopic (exact) mass is 360 g/mol. The molecule has 0 saturated carbocycles. The molecule has 0 aliphatic carbocycles. The number of carbonyl (C=O) groups is 3. The van der Waals surface area contributed by atoms with Crippen LogP contribution in [0.5, 0.6) is 5.75 Å². The van der Waals surface area contributed by atoms with Crippen molar-refractivity contribution in [3.05, 3.63) is 35.3 Å². The average Bonchev–Trinajstić information content (AvgIpc) is 2.92. The number of primary amides is 1. The maximum absolute atomic E-state index is 12.3. The number of para-hydroxylation sites is 2. The van der Waals surface area contributed by atoms with Crippen LogP contribution in [0.4, 0.5) is 10.8 Å². The van der Waals surface area contributed by atoms with Crippen molar-refractivity contribution in [3.63, 3.8) is 0 Å². The van der Waals surface area contributed by atoms with Crippen LogP contribution >= 0.6 is 11.3 Å². The Morgan fingerprint density at radius 1 is 1.36 bits per heavy atom. The number of carbonyl (C=O) groups excluding carboxylic acids is 3. The van der Waals surface area contributed by atoms with Crippen LogP contribution in [0.25, 0.3) is 0 Å². The quantitative estimate of drug-likeness (QED) is 0.823. The Labute approximate surface area is 147 Å². The van der Waals surface area contributed by atoms with Gasteiger partial charge in [0, 0.05) is 5.38 Å². The van der Waals surface area contributed by atoms with E-state index < -0.39 is 5.91 Å². The van der Waals surface area contributed by atoms with E-state index in [4.69, 9.17) is 10.5 Å². The van der Waals surface area contributed by atoms with E-state index in [-0.39, 0.29) is 37.8 Å². The number of thiazole rings is 1. The molecule has 0 spiro atoms. The molecular formula is C16H16N4O4S. The Morgan fingerprint density at radius 3 is 2.96 bits per heavy atom. The highest BCUT2D eigenvalue weighted by molar-refractivity contribution is 7.13. The smallest absolute Gasteiger partial charge is 0.246 e. The van der Waals surface area contributed by atoms with Gasteiger partial charge in [-0.25, -0.2) is 4.98 Å². The molecule has 0 radical (unpaired) electrons. The molecule has 25 heavy (non-hydrogen) atoms. The number of hydrogen-bond acceptors (Lipinski definition) is 6. The molecular weight excluding hydrogens is 344 g/mol. The number of anilines is 2. The third-order valence-corrected chi connectivity index (χ3v) is 4.29. The van der Waals surface area contributed by atoms with E-state index in [1.54, 1.807) is 23.6 Å². The number of aromatic nitrogens is 1. The van der Waals surface area contributed by atoms with Gasteiger partial charge < -0.3 is 15.8 Å². The Kier molecular flexibility index (Phi) is 4.94. The lowest BCUT2D eigenvalue weighted by Gasteiger charge is -2.20. The van der Waals surface area contributed by atoms with Crippen LogP contribution in [0, 0.1) is 0 Å². The number of benzene rings is 1. The van der Waals surface area contributed by atoms with Crippen molar-refractivity contribution < 1.29 is 19.1 Å². The molecule has 1 aromatic carbocycles. The summed E-state index contributed by atoms with van der Waals surface area (Å²) in [5, 5.41) is 4.64. The Hall–Kier alpha value is -2.94. The lowest BCUT2D eigenvalue weighted by molar-refractivity contribution is -0.121. The van der Waals surface area contributed by atoms with Crippen molar-refractivity contribution in [1.82, 2.24) is 4.98 Å². The van der Waals surface area contributed by atoms with Crippen LogP contribution in [0.15, 0.2) is 29.6 Å². The van der Waals surface area contributed by atoms with Crippen molar-refractivity contribution in [2.45, 2.75) is 12.8 Å². The van der Waals surface area contributed by atoms with Crippen LogP contribution < -0.4 is 20.7 Å². The zero-order valence-electron chi connectivity index (χ0n) is 13.2. The summed E-state index contributed by atoms with van der Waals surface area (Å²) in [6, 6.07) is 7.08. The fourth-order valence-electron chi connectivity index (χ4n) is 2.42. The summed E-state index contributed by atoms with van der Waals surface area (Å²) in [6.07, 6.45) is 0.212. The van der Waals surface area contributed by atoms with Crippen molar-refractivity contribution in [2.24, 2.45) is 5.73 Å². The zero-order chi connectivity index (χ0) is 17.8. The fourth-order valence-corrected chi connectivity index (χ4v) is 3.15. The van der Waals surface area contributed by atoms with Gasteiger partial charge in [-0.15, -0.1) is 11.3 Å². The first kappa shape index (κ1) is 16.9. The number of nitrogens with zero attached hydrogens (tertiary/aromatic N) is 2. The molecule has 130 valence electrons. The summed E-state index contributed by atoms with van der Waals surface area (Å²) in [5.41, 5.74) is 6.18. The van der Waals surface area contributed by atoms with Gasteiger partial charge in [-0.1, -0.05) is 12.1 Å². The van der Waals surface area contributed by atoms with Gasteiger partial charge in [-0.2, -0.15) is 0 Å². The second-order valence-corrected chi connectivity index (χ2v) is 6.24. The van der Waals surface area contributed by atoms with E-state index in [1.165, 1.54) is 16.2 Å². The average molecular weight is 360 g/mol. The van der Waals surface area contributed by atoms with Gasteiger partial charge in [0.05, 0.1) is 30.8 Å². The van der Waals surface area contributed by atoms with Crippen molar-refractivity contribution >= 4 is 39.9 Å². The normalized spacial score (nSPS) is 13.6. The summed E-state index contributed by atoms with van der Waals surface area (Å²) < 4.78 is 5.54. The number of hydrogen-bond donors (Lipinski definition) is 2. The zero-order valence-corrected chi connectivity index (χ0v) is 14.0. The molecule has 1 aliphatic rings. The molecule has 3 amide bonds. The molecule has 1 aromatic heterocycles. The first-order valence-corrected chi connectivity index (χ1v) is 8.45.